The Kier molecular flexibility index (Phi) is 3.69. The van der Waals surface area contributed by atoms with Gasteiger partial charge in [-0.15, -0.1) is 0 Å². The molecule has 0 radical (unpaired) electrons. The quantitative estimate of drug-likeness (QED) is 0.875. The van der Waals surface area contributed by atoms with E-state index in [0.29, 0.717) is 12.6 Å². The van der Waals surface area contributed by atoms with Crippen molar-refractivity contribution in [2.75, 3.05) is 6.54 Å². The molecule has 0 unspecified atom stereocenters. The minimum absolute atomic E-state index is 0.128. The fraction of sp³-hybridized carbons (Fsp3) is 0.462. The summed E-state index contributed by atoms with van der Waals surface area (Å²) in [6.07, 6.45) is 2.28. The van der Waals surface area contributed by atoms with Gasteiger partial charge in [0, 0.05) is 17.1 Å². The third-order valence-corrected chi connectivity index (χ3v) is 3.55. The summed E-state index contributed by atoms with van der Waals surface area (Å²) in [5, 5.41) is 0.745. The third-order valence-electron chi connectivity index (χ3n) is 3.21. The maximum Gasteiger partial charge on any atom is 0.231 e. The van der Waals surface area contributed by atoms with Crippen LogP contribution in [0.15, 0.2) is 24.3 Å². The van der Waals surface area contributed by atoms with E-state index in [0.717, 1.165) is 23.4 Å². The summed E-state index contributed by atoms with van der Waals surface area (Å²) in [6, 6.07) is 8.37. The van der Waals surface area contributed by atoms with E-state index in [9.17, 15) is 4.79 Å². The molecule has 17 heavy (non-hydrogen) atoms. The molecule has 0 saturated heterocycles. The molecule has 1 aromatic rings. The molecule has 1 aromatic carbocycles. The van der Waals surface area contributed by atoms with Gasteiger partial charge in [0.25, 0.3) is 0 Å². The lowest BCUT2D eigenvalue weighted by atomic mass is 10.1. The van der Waals surface area contributed by atoms with Crippen molar-refractivity contribution >= 4 is 17.5 Å². The van der Waals surface area contributed by atoms with Crippen molar-refractivity contribution in [1.29, 1.82) is 0 Å². The van der Waals surface area contributed by atoms with E-state index in [-0.39, 0.29) is 11.9 Å². The zero-order chi connectivity index (χ0) is 12.4. The lowest BCUT2D eigenvalue weighted by Crippen LogP contribution is -2.37. The molecule has 2 rings (SSSR count). The minimum Gasteiger partial charge on any atom is -0.369 e. The number of carbonyl (C=O) groups excluding carboxylic acids is 1. The number of carbonyl (C=O) groups is 1. The van der Waals surface area contributed by atoms with Gasteiger partial charge >= 0.3 is 0 Å². The standard InChI is InChI=1S/C13H17ClN2O/c1-9(11-4-2-3-5-12(11)14)16(8-13(15)17)10-6-7-10/h2-5,9-10H,6-8H2,1H3,(H2,15,17)/t9-/m1/s1. The Labute approximate surface area is 107 Å². The Bertz CT molecular complexity index is 418. The Morgan fingerprint density at radius 2 is 2.18 bits per heavy atom. The van der Waals surface area contributed by atoms with Gasteiger partial charge in [0.15, 0.2) is 0 Å². The zero-order valence-corrected chi connectivity index (χ0v) is 10.7. The average Bonchev–Trinajstić information content (AvgIpc) is 3.09. The monoisotopic (exact) mass is 252 g/mol. The molecular formula is C13H17ClN2O. The summed E-state index contributed by atoms with van der Waals surface area (Å²) in [7, 11) is 0. The highest BCUT2D eigenvalue weighted by Crippen LogP contribution is 2.35. The van der Waals surface area contributed by atoms with E-state index in [1.165, 1.54) is 0 Å². The largest absolute Gasteiger partial charge is 0.369 e. The highest BCUT2D eigenvalue weighted by atomic mass is 35.5. The molecule has 92 valence electrons. The summed E-state index contributed by atoms with van der Waals surface area (Å²) in [5.41, 5.74) is 6.36. The van der Waals surface area contributed by atoms with E-state index < -0.39 is 0 Å². The first-order valence-corrected chi connectivity index (χ1v) is 6.26. The van der Waals surface area contributed by atoms with Crippen LogP contribution in [0.25, 0.3) is 0 Å². The second-order valence-corrected chi connectivity index (χ2v) is 4.97. The lowest BCUT2D eigenvalue weighted by Gasteiger charge is -2.28. The first kappa shape index (κ1) is 12.4. The predicted octanol–water partition coefficient (Wildman–Crippen LogP) is 2.35. The van der Waals surface area contributed by atoms with Crippen molar-refractivity contribution in [3.8, 4) is 0 Å². The van der Waals surface area contributed by atoms with Crippen LogP contribution in [0.1, 0.15) is 31.4 Å². The van der Waals surface area contributed by atoms with Gasteiger partial charge in [0.05, 0.1) is 6.54 Å². The number of benzene rings is 1. The number of amides is 1. The van der Waals surface area contributed by atoms with E-state index in [4.69, 9.17) is 17.3 Å². The van der Waals surface area contributed by atoms with Crippen LogP contribution >= 0.6 is 11.6 Å². The number of halogens is 1. The predicted molar refractivity (Wildman–Crippen MR) is 68.8 cm³/mol. The van der Waals surface area contributed by atoms with Gasteiger partial charge in [-0.3, -0.25) is 9.69 Å². The number of hydrogen-bond acceptors (Lipinski definition) is 2. The van der Waals surface area contributed by atoms with Gasteiger partial charge in [-0.1, -0.05) is 29.8 Å². The summed E-state index contributed by atoms with van der Waals surface area (Å²) < 4.78 is 0. The van der Waals surface area contributed by atoms with Crippen molar-refractivity contribution in [3.05, 3.63) is 34.9 Å². The Balaban J connectivity index is 2.18. The van der Waals surface area contributed by atoms with Crippen molar-refractivity contribution in [2.24, 2.45) is 5.73 Å². The van der Waals surface area contributed by atoms with Crippen molar-refractivity contribution in [1.82, 2.24) is 4.90 Å². The average molecular weight is 253 g/mol. The molecule has 0 spiro atoms. The van der Waals surface area contributed by atoms with Crippen LogP contribution in [0.3, 0.4) is 0 Å². The first-order chi connectivity index (χ1) is 8.09. The van der Waals surface area contributed by atoms with Crippen LogP contribution in [0.4, 0.5) is 0 Å². The van der Waals surface area contributed by atoms with Gasteiger partial charge in [-0.2, -0.15) is 0 Å². The van der Waals surface area contributed by atoms with Crippen LogP contribution in [0.5, 0.6) is 0 Å². The van der Waals surface area contributed by atoms with Gasteiger partial charge in [0.2, 0.25) is 5.91 Å². The van der Waals surface area contributed by atoms with Gasteiger partial charge in [0.1, 0.15) is 0 Å². The summed E-state index contributed by atoms with van der Waals surface area (Å²) in [4.78, 5) is 13.3. The minimum atomic E-state index is -0.282. The maximum absolute atomic E-state index is 11.1. The normalized spacial score (nSPS) is 17.1. The van der Waals surface area contributed by atoms with Crippen LogP contribution in [0.2, 0.25) is 5.02 Å². The Morgan fingerprint density at radius 3 is 2.71 bits per heavy atom. The number of nitrogens with zero attached hydrogens (tertiary/aromatic N) is 1. The lowest BCUT2D eigenvalue weighted by molar-refractivity contribution is -0.119. The molecule has 0 heterocycles. The highest BCUT2D eigenvalue weighted by molar-refractivity contribution is 6.31. The molecule has 1 saturated carbocycles. The fourth-order valence-electron chi connectivity index (χ4n) is 2.16. The molecule has 1 aliphatic carbocycles. The van der Waals surface area contributed by atoms with Gasteiger partial charge < -0.3 is 5.73 Å². The van der Waals surface area contributed by atoms with Crippen LogP contribution < -0.4 is 5.73 Å². The van der Waals surface area contributed by atoms with E-state index in [2.05, 4.69) is 11.8 Å². The van der Waals surface area contributed by atoms with Gasteiger partial charge in [-0.25, -0.2) is 0 Å². The highest BCUT2D eigenvalue weighted by Gasteiger charge is 2.34. The topological polar surface area (TPSA) is 46.3 Å². The molecule has 1 amide bonds. The molecule has 1 atom stereocenters. The van der Waals surface area contributed by atoms with Crippen LogP contribution in [-0.2, 0) is 4.79 Å². The number of rotatable bonds is 5. The molecule has 1 fully saturated rings. The van der Waals surface area contributed by atoms with Crippen molar-refractivity contribution in [3.63, 3.8) is 0 Å². The molecule has 0 aromatic heterocycles. The maximum atomic E-state index is 11.1. The molecule has 3 nitrogen and oxygen atoms in total. The first-order valence-electron chi connectivity index (χ1n) is 5.88. The van der Waals surface area contributed by atoms with E-state index in [1.807, 2.05) is 24.3 Å². The van der Waals surface area contributed by atoms with Gasteiger partial charge in [-0.05, 0) is 31.4 Å². The summed E-state index contributed by atoms with van der Waals surface area (Å²) in [6.45, 7) is 2.37. The molecule has 2 N–H and O–H groups in total. The second kappa shape index (κ2) is 5.07. The number of hydrogen-bond donors (Lipinski definition) is 1. The van der Waals surface area contributed by atoms with Crippen molar-refractivity contribution < 1.29 is 4.79 Å². The van der Waals surface area contributed by atoms with Crippen LogP contribution in [0, 0.1) is 0 Å². The van der Waals surface area contributed by atoms with Crippen LogP contribution in [-0.4, -0.2) is 23.4 Å². The number of nitrogens with two attached hydrogens (primary N) is 1. The molecular weight excluding hydrogens is 236 g/mol. The molecule has 1 aliphatic rings. The fourth-order valence-corrected chi connectivity index (χ4v) is 2.45. The Morgan fingerprint density at radius 1 is 1.53 bits per heavy atom. The Hall–Kier alpha value is -1.06. The molecule has 4 heteroatoms. The zero-order valence-electron chi connectivity index (χ0n) is 9.90. The molecule has 0 aliphatic heterocycles. The SMILES string of the molecule is C[C@H](c1ccccc1Cl)N(CC(N)=O)C1CC1. The summed E-state index contributed by atoms with van der Waals surface area (Å²) in [5.74, 6) is -0.282. The number of primary amides is 1. The third kappa shape index (κ3) is 2.99. The second-order valence-electron chi connectivity index (χ2n) is 4.57. The smallest absolute Gasteiger partial charge is 0.231 e. The van der Waals surface area contributed by atoms with E-state index in [1.54, 1.807) is 0 Å². The van der Waals surface area contributed by atoms with Crippen molar-refractivity contribution in [2.45, 2.75) is 31.8 Å². The summed E-state index contributed by atoms with van der Waals surface area (Å²) >= 11 is 6.18. The van der Waals surface area contributed by atoms with E-state index >= 15 is 0 Å². The molecule has 0 bridgehead atoms.